The van der Waals surface area contributed by atoms with E-state index >= 15 is 4.39 Å². The van der Waals surface area contributed by atoms with E-state index in [0.717, 1.165) is 37.0 Å². The number of hydrogen-bond acceptors (Lipinski definition) is 10. The Balaban J connectivity index is 0.805. The van der Waals surface area contributed by atoms with Gasteiger partial charge in [-0.1, -0.05) is 57.2 Å². The van der Waals surface area contributed by atoms with Crippen LogP contribution in [0.5, 0.6) is 5.75 Å². The number of nitrogens with one attached hydrogen (secondary N) is 3. The number of ketones is 1. The molecule has 2 aliphatic heterocycles. The third kappa shape index (κ3) is 6.91. The van der Waals surface area contributed by atoms with Crippen LogP contribution in [-0.2, 0) is 24.0 Å². The Kier molecular flexibility index (Phi) is 11.5. The summed E-state index contributed by atoms with van der Waals surface area (Å²) < 4.78 is 23.1. The molecule has 2 heterocycles. The lowest BCUT2D eigenvalue weighted by Gasteiger charge is -2.62. The Bertz CT molecular complexity index is 2020. The van der Waals surface area contributed by atoms with Gasteiger partial charge in [0.05, 0.1) is 17.2 Å². The van der Waals surface area contributed by atoms with Crippen LogP contribution in [0.4, 0.5) is 4.39 Å². The van der Waals surface area contributed by atoms with Gasteiger partial charge in [-0.25, -0.2) is 4.39 Å². The van der Waals surface area contributed by atoms with Crippen LogP contribution in [0.3, 0.4) is 0 Å². The van der Waals surface area contributed by atoms with Gasteiger partial charge in [-0.05, 0) is 88.0 Å². The zero-order valence-corrected chi connectivity index (χ0v) is 33.9. The van der Waals surface area contributed by atoms with Gasteiger partial charge in [0, 0.05) is 36.3 Å². The number of aliphatic hydroxyl groups is 2. The summed E-state index contributed by atoms with van der Waals surface area (Å²) in [4.78, 5) is 89.5. The Hall–Kier alpha value is -4.76. The van der Waals surface area contributed by atoms with Crippen LogP contribution in [0.15, 0.2) is 42.0 Å². The largest absolute Gasteiger partial charge is 0.483 e. The second-order valence-corrected chi connectivity index (χ2v) is 17.8. The molecule has 9 atom stereocenters. The highest BCUT2D eigenvalue weighted by Crippen LogP contribution is 2.70. The summed E-state index contributed by atoms with van der Waals surface area (Å²) in [7, 11) is 0. The number of fused-ring (bicyclic) bond motifs is 6. The van der Waals surface area contributed by atoms with Gasteiger partial charge in [-0.3, -0.25) is 43.8 Å². The van der Waals surface area contributed by atoms with E-state index in [1.807, 2.05) is 13.8 Å². The summed E-state index contributed by atoms with van der Waals surface area (Å²) in [5.41, 5.74) is -5.24. The molecule has 0 bridgehead atoms. The number of nitrogens with zero attached hydrogens (tertiary/aromatic N) is 1. The first-order valence-electron chi connectivity index (χ1n) is 21.0. The quantitative estimate of drug-likeness (QED) is 0.137. The van der Waals surface area contributed by atoms with Gasteiger partial charge < -0.3 is 25.6 Å². The number of imide groups is 2. The third-order valence-electron chi connectivity index (χ3n) is 14.6. The number of halogens is 1. The minimum atomic E-state index is -2.03. The normalized spacial score (nSPS) is 34.7. The molecule has 1 aromatic rings. The molecule has 318 valence electrons. The summed E-state index contributed by atoms with van der Waals surface area (Å²) in [6.45, 7) is 5.81. The molecule has 4 aliphatic carbocycles. The number of ether oxygens (including phenoxy) is 1. The first-order chi connectivity index (χ1) is 28.0. The molecule has 0 spiro atoms. The predicted octanol–water partition coefficient (Wildman–Crippen LogP) is 3.39. The second-order valence-electron chi connectivity index (χ2n) is 17.8. The fourth-order valence-corrected chi connectivity index (χ4v) is 11.4. The smallest absolute Gasteiger partial charge is 0.266 e. The summed E-state index contributed by atoms with van der Waals surface area (Å²) in [6.07, 6.45) is 9.35. The predicted molar refractivity (Wildman–Crippen MR) is 210 cm³/mol. The standard InChI is InChI=1S/C44H55FN4O10/c1-25-21-30-29-14-13-26-22-27(50)17-18-41(26,2)43(29,45)33(51)23-42(30,3)44(25,58)40(57)47-20-9-7-5-4-6-8-19-46-35(53)24-59-32-12-10-11-28-36(32)39(56)49(38(28)55)31-15-16-34(52)48-37(31)54/h10-12,17-18,22,25,29-31,33,51,58H,4-9,13-16,19-21,23-24H2,1-3H3,(H,46,53)(H,47,57)(H,48,52,54)/t25-,29+,30+,31?,33+,41+,42+,43+,44+/m1/s1. The van der Waals surface area contributed by atoms with Crippen molar-refractivity contribution in [2.24, 2.45) is 28.6 Å². The van der Waals surface area contributed by atoms with Crippen LogP contribution in [0.1, 0.15) is 119 Å². The molecule has 14 nitrogen and oxygen atoms in total. The van der Waals surface area contributed by atoms with E-state index in [2.05, 4.69) is 16.0 Å². The molecule has 7 rings (SSSR count). The lowest BCUT2D eigenvalue weighted by molar-refractivity contribution is -0.219. The number of aliphatic hydroxyl groups excluding tert-OH is 1. The van der Waals surface area contributed by atoms with Crippen LogP contribution in [0.2, 0.25) is 0 Å². The molecule has 6 aliphatic rings. The molecule has 4 fully saturated rings. The second kappa shape index (κ2) is 16.0. The lowest BCUT2D eigenvalue weighted by atomic mass is 9.44. The van der Waals surface area contributed by atoms with Crippen LogP contribution in [0, 0.1) is 28.6 Å². The topological polar surface area (TPSA) is 209 Å². The number of alkyl halides is 1. The van der Waals surface area contributed by atoms with Gasteiger partial charge in [0.15, 0.2) is 23.7 Å². The molecule has 59 heavy (non-hydrogen) atoms. The van der Waals surface area contributed by atoms with Crippen molar-refractivity contribution in [1.82, 2.24) is 20.9 Å². The zero-order valence-electron chi connectivity index (χ0n) is 33.9. The van der Waals surface area contributed by atoms with Gasteiger partial charge in [0.2, 0.25) is 11.8 Å². The molecule has 0 radical (unpaired) electrons. The zero-order chi connectivity index (χ0) is 42.5. The number of carbonyl (C=O) groups excluding carboxylic acids is 7. The fourth-order valence-electron chi connectivity index (χ4n) is 11.4. The van der Waals surface area contributed by atoms with Crippen molar-refractivity contribution < 1.29 is 52.9 Å². The molecule has 3 saturated carbocycles. The molecule has 1 saturated heterocycles. The minimum Gasteiger partial charge on any atom is -0.483 e. The maximum Gasteiger partial charge on any atom is 0.266 e. The van der Waals surface area contributed by atoms with Crippen LogP contribution in [0.25, 0.3) is 0 Å². The number of unbranched alkanes of at least 4 members (excludes halogenated alkanes) is 5. The molecule has 5 N–H and O–H groups in total. The lowest BCUT2D eigenvalue weighted by Crippen LogP contribution is -2.70. The first-order valence-corrected chi connectivity index (χ1v) is 21.0. The Labute approximate surface area is 342 Å². The van der Waals surface area contributed by atoms with E-state index in [1.54, 1.807) is 13.0 Å². The highest BCUT2D eigenvalue weighted by molar-refractivity contribution is 6.24. The molecule has 15 heteroatoms. The Morgan fingerprint density at radius 1 is 0.949 bits per heavy atom. The average Bonchev–Trinajstić information content (AvgIpc) is 3.56. The van der Waals surface area contributed by atoms with Crippen molar-refractivity contribution in [2.75, 3.05) is 19.7 Å². The van der Waals surface area contributed by atoms with Crippen molar-refractivity contribution in [1.29, 1.82) is 0 Å². The Morgan fingerprint density at radius 2 is 1.64 bits per heavy atom. The highest BCUT2D eigenvalue weighted by Gasteiger charge is 2.75. The summed E-state index contributed by atoms with van der Waals surface area (Å²) >= 11 is 0. The maximum atomic E-state index is 17.4. The maximum absolute atomic E-state index is 17.4. The monoisotopic (exact) mass is 818 g/mol. The number of amides is 6. The number of allylic oxidation sites excluding steroid dienone is 4. The number of hydrogen-bond donors (Lipinski definition) is 5. The van der Waals surface area contributed by atoms with Crippen LogP contribution >= 0.6 is 0 Å². The molecule has 1 unspecified atom stereocenters. The van der Waals surface area contributed by atoms with Crippen molar-refractivity contribution in [3.8, 4) is 5.75 Å². The molecule has 1 aromatic carbocycles. The summed E-state index contributed by atoms with van der Waals surface area (Å²) in [6, 6.07) is 3.34. The average molecular weight is 819 g/mol. The van der Waals surface area contributed by atoms with Gasteiger partial charge in [-0.15, -0.1) is 0 Å². The first kappa shape index (κ1) is 42.4. The van der Waals surface area contributed by atoms with Crippen molar-refractivity contribution >= 4 is 41.2 Å². The summed E-state index contributed by atoms with van der Waals surface area (Å²) in [5, 5.41) is 31.6. The number of piperidine rings is 1. The fraction of sp³-hybridized carbons (Fsp3) is 0.614. The highest BCUT2D eigenvalue weighted by atomic mass is 19.1. The van der Waals surface area contributed by atoms with Crippen molar-refractivity contribution in [2.45, 2.75) is 121 Å². The molecule has 6 amide bonds. The molecular weight excluding hydrogens is 763 g/mol. The van der Waals surface area contributed by atoms with Crippen LogP contribution < -0.4 is 20.7 Å². The summed E-state index contributed by atoms with van der Waals surface area (Å²) in [5.74, 6) is -4.93. The van der Waals surface area contributed by atoms with E-state index in [-0.39, 0.29) is 54.4 Å². The van der Waals surface area contributed by atoms with E-state index in [1.165, 1.54) is 30.4 Å². The van der Waals surface area contributed by atoms with Crippen LogP contribution in [-0.4, -0.2) is 99.5 Å². The minimum absolute atomic E-state index is 0.00315. The van der Waals surface area contributed by atoms with E-state index in [4.69, 9.17) is 4.74 Å². The SMILES string of the molecule is C[C@@H]1C[C@H]2[C@@H]3CCC4=CC(=O)C=C[C@]4(C)[C@@]3(F)[C@@H](O)C[C@]2(C)[C@@]1(O)C(=O)NCCCCCCCCNC(=O)COc1cccc2c1C(=O)N(C1CCC(=O)NC1=O)C2=O. The van der Waals surface area contributed by atoms with Gasteiger partial charge in [-0.2, -0.15) is 0 Å². The Morgan fingerprint density at radius 3 is 2.36 bits per heavy atom. The van der Waals surface area contributed by atoms with Crippen molar-refractivity contribution in [3.63, 3.8) is 0 Å². The number of benzene rings is 1. The number of carbonyl (C=O) groups is 7. The van der Waals surface area contributed by atoms with Gasteiger partial charge >= 0.3 is 0 Å². The third-order valence-corrected chi connectivity index (χ3v) is 14.6. The molecular formula is C44H55FN4O10. The van der Waals surface area contributed by atoms with E-state index in [9.17, 15) is 43.8 Å². The van der Waals surface area contributed by atoms with E-state index < -0.39 is 81.5 Å². The van der Waals surface area contributed by atoms with E-state index in [0.29, 0.717) is 44.3 Å². The van der Waals surface area contributed by atoms with Crippen molar-refractivity contribution in [3.05, 3.63) is 53.1 Å². The number of rotatable bonds is 14. The van der Waals surface area contributed by atoms with Gasteiger partial charge in [0.1, 0.15) is 11.8 Å². The van der Waals surface area contributed by atoms with Gasteiger partial charge in [0.25, 0.3) is 23.6 Å². The molecule has 0 aromatic heterocycles.